The molecule has 2 N–H and O–H groups in total. The summed E-state index contributed by atoms with van der Waals surface area (Å²) in [6, 6.07) is 9.38. The highest BCUT2D eigenvalue weighted by molar-refractivity contribution is 6.03. The minimum atomic E-state index is -0.976. The van der Waals surface area contributed by atoms with Gasteiger partial charge in [0.1, 0.15) is 17.4 Å². The monoisotopic (exact) mass is 345 g/mol. The van der Waals surface area contributed by atoms with E-state index in [9.17, 15) is 24.1 Å². The highest BCUT2D eigenvalue weighted by Gasteiger charge is 2.26. The third kappa shape index (κ3) is 4.37. The van der Waals surface area contributed by atoms with Gasteiger partial charge < -0.3 is 10.6 Å². The normalized spacial score (nSPS) is 11.5. The minimum Gasteiger partial charge on any atom is -0.340 e. The third-order valence-corrected chi connectivity index (χ3v) is 3.47. The van der Waals surface area contributed by atoms with E-state index in [0.29, 0.717) is 5.69 Å². The molecular weight excluding hydrogens is 329 g/mol. The van der Waals surface area contributed by atoms with Gasteiger partial charge in [-0.2, -0.15) is 0 Å². The Hall–Kier alpha value is -3.29. The van der Waals surface area contributed by atoms with Crippen molar-refractivity contribution in [1.82, 2.24) is 5.32 Å². The van der Waals surface area contributed by atoms with Crippen molar-refractivity contribution in [3.05, 3.63) is 69.5 Å². The summed E-state index contributed by atoms with van der Waals surface area (Å²) in [6.45, 7) is 2.76. The second-order valence-electron chi connectivity index (χ2n) is 5.43. The van der Waals surface area contributed by atoms with E-state index >= 15 is 0 Å². The number of anilines is 1. The summed E-state index contributed by atoms with van der Waals surface area (Å²) in [7, 11) is 0. The number of rotatable bonds is 5. The lowest BCUT2D eigenvalue weighted by Gasteiger charge is -2.14. The first-order valence-corrected chi connectivity index (χ1v) is 7.41. The molecule has 1 atom stereocenters. The van der Waals surface area contributed by atoms with Crippen LogP contribution in [0.5, 0.6) is 0 Å². The summed E-state index contributed by atoms with van der Waals surface area (Å²) < 4.78 is 13.5. The van der Waals surface area contributed by atoms with E-state index in [-0.39, 0.29) is 5.56 Å². The summed E-state index contributed by atoms with van der Waals surface area (Å²) in [6.07, 6.45) is 0. The number of halogens is 1. The lowest BCUT2D eigenvalue weighted by Crippen LogP contribution is -2.41. The van der Waals surface area contributed by atoms with Gasteiger partial charge in [-0.05, 0) is 38.1 Å². The van der Waals surface area contributed by atoms with Crippen molar-refractivity contribution < 1.29 is 18.9 Å². The fraction of sp³-hybridized carbons (Fsp3) is 0.176. The Kier molecular flexibility index (Phi) is 5.43. The molecular formula is C17H16FN3O4. The van der Waals surface area contributed by atoms with Crippen molar-refractivity contribution in [3.63, 3.8) is 0 Å². The Labute approximate surface area is 143 Å². The summed E-state index contributed by atoms with van der Waals surface area (Å²) in [5.74, 6) is -2.17. The van der Waals surface area contributed by atoms with Crippen LogP contribution in [0.1, 0.15) is 22.8 Å². The van der Waals surface area contributed by atoms with Crippen LogP contribution in [0, 0.1) is 22.9 Å². The van der Waals surface area contributed by atoms with E-state index in [0.717, 1.165) is 12.1 Å². The molecule has 0 aromatic heterocycles. The number of nitrogens with zero attached hydrogens (tertiary/aromatic N) is 1. The first-order chi connectivity index (χ1) is 11.8. The number of aryl methyl sites for hydroxylation is 1. The van der Waals surface area contributed by atoms with E-state index in [4.69, 9.17) is 0 Å². The molecule has 1 unspecified atom stereocenters. The van der Waals surface area contributed by atoms with Crippen molar-refractivity contribution >= 4 is 23.2 Å². The molecule has 0 bridgehead atoms. The molecule has 2 aromatic rings. The predicted octanol–water partition coefficient (Wildman–Crippen LogP) is 2.80. The standard InChI is InChI=1S/C17H16FN3O4/c1-10-8-12(18)9-14(15(10)21(24)25)17(23)19-11(2)16(22)20-13-6-4-3-5-7-13/h3-9,11H,1-2H3,(H,19,23)(H,20,22). The number of nitro groups is 1. The minimum absolute atomic E-state index is 0.0246. The van der Waals surface area contributed by atoms with E-state index in [1.807, 2.05) is 0 Å². The molecule has 7 nitrogen and oxygen atoms in total. The van der Waals surface area contributed by atoms with Crippen LogP contribution in [0.25, 0.3) is 0 Å². The molecule has 0 heterocycles. The van der Waals surface area contributed by atoms with Gasteiger partial charge in [0.05, 0.1) is 4.92 Å². The zero-order valence-electron chi connectivity index (χ0n) is 13.6. The second-order valence-corrected chi connectivity index (χ2v) is 5.43. The fourth-order valence-corrected chi connectivity index (χ4v) is 2.26. The molecule has 0 spiro atoms. The van der Waals surface area contributed by atoms with Gasteiger partial charge in [0, 0.05) is 11.3 Å². The summed E-state index contributed by atoms with van der Waals surface area (Å²) in [4.78, 5) is 34.8. The largest absolute Gasteiger partial charge is 0.340 e. The van der Waals surface area contributed by atoms with Gasteiger partial charge in [0.2, 0.25) is 5.91 Å². The predicted molar refractivity (Wildman–Crippen MR) is 89.8 cm³/mol. The van der Waals surface area contributed by atoms with E-state index in [1.54, 1.807) is 30.3 Å². The number of para-hydroxylation sites is 1. The number of hydrogen-bond acceptors (Lipinski definition) is 4. The molecule has 8 heteroatoms. The van der Waals surface area contributed by atoms with Crippen LogP contribution in [0.2, 0.25) is 0 Å². The number of carbonyl (C=O) groups is 2. The molecule has 0 saturated carbocycles. The molecule has 2 rings (SSSR count). The molecule has 0 saturated heterocycles. The third-order valence-electron chi connectivity index (χ3n) is 3.47. The SMILES string of the molecule is Cc1cc(F)cc(C(=O)NC(C)C(=O)Nc2ccccc2)c1[N+](=O)[O-]. The topological polar surface area (TPSA) is 101 Å². The molecule has 0 radical (unpaired) electrons. The number of carbonyl (C=O) groups excluding carboxylic acids is 2. The van der Waals surface area contributed by atoms with Crippen molar-refractivity contribution in [2.24, 2.45) is 0 Å². The number of nitro benzene ring substituents is 1. The van der Waals surface area contributed by atoms with Crippen LogP contribution in [0.3, 0.4) is 0 Å². The van der Waals surface area contributed by atoms with Crippen molar-refractivity contribution in [2.75, 3.05) is 5.32 Å². The van der Waals surface area contributed by atoms with E-state index < -0.39 is 39.8 Å². The molecule has 130 valence electrons. The van der Waals surface area contributed by atoms with Crippen molar-refractivity contribution in [2.45, 2.75) is 19.9 Å². The first-order valence-electron chi connectivity index (χ1n) is 7.41. The van der Waals surface area contributed by atoms with Crippen LogP contribution >= 0.6 is 0 Å². The van der Waals surface area contributed by atoms with Gasteiger partial charge in [0.15, 0.2) is 0 Å². The van der Waals surface area contributed by atoms with E-state index in [1.165, 1.54) is 13.8 Å². The lowest BCUT2D eigenvalue weighted by molar-refractivity contribution is -0.385. The van der Waals surface area contributed by atoms with Crippen LogP contribution in [0.15, 0.2) is 42.5 Å². The quantitative estimate of drug-likeness (QED) is 0.642. The van der Waals surface area contributed by atoms with Crippen LogP contribution in [-0.4, -0.2) is 22.8 Å². The fourth-order valence-electron chi connectivity index (χ4n) is 2.26. The molecule has 2 amide bonds. The highest BCUT2D eigenvalue weighted by Crippen LogP contribution is 2.24. The van der Waals surface area contributed by atoms with Gasteiger partial charge >= 0.3 is 0 Å². The summed E-state index contributed by atoms with van der Waals surface area (Å²) in [5.41, 5.74) is -0.353. The Morgan fingerprint density at radius 2 is 1.84 bits per heavy atom. The van der Waals surface area contributed by atoms with Crippen molar-refractivity contribution in [1.29, 1.82) is 0 Å². The van der Waals surface area contributed by atoms with Crippen LogP contribution < -0.4 is 10.6 Å². The second kappa shape index (κ2) is 7.52. The number of benzene rings is 2. The number of hydrogen-bond donors (Lipinski definition) is 2. The van der Waals surface area contributed by atoms with Gasteiger partial charge in [-0.3, -0.25) is 19.7 Å². The average Bonchev–Trinajstić information content (AvgIpc) is 2.54. The zero-order chi connectivity index (χ0) is 18.6. The van der Waals surface area contributed by atoms with Crippen LogP contribution in [-0.2, 0) is 4.79 Å². The van der Waals surface area contributed by atoms with Crippen LogP contribution in [0.4, 0.5) is 15.8 Å². The number of nitrogens with one attached hydrogen (secondary N) is 2. The lowest BCUT2D eigenvalue weighted by atomic mass is 10.1. The van der Waals surface area contributed by atoms with E-state index in [2.05, 4.69) is 10.6 Å². The Balaban J connectivity index is 2.16. The Morgan fingerprint density at radius 3 is 2.44 bits per heavy atom. The maximum absolute atomic E-state index is 13.5. The molecule has 0 aliphatic carbocycles. The van der Waals surface area contributed by atoms with Gasteiger partial charge in [-0.25, -0.2) is 4.39 Å². The molecule has 0 aliphatic heterocycles. The molecule has 0 fully saturated rings. The van der Waals surface area contributed by atoms with Gasteiger partial charge in [-0.1, -0.05) is 18.2 Å². The smallest absolute Gasteiger partial charge is 0.285 e. The maximum Gasteiger partial charge on any atom is 0.285 e. The highest BCUT2D eigenvalue weighted by atomic mass is 19.1. The molecule has 0 aliphatic rings. The summed E-state index contributed by atoms with van der Waals surface area (Å²) in [5, 5.41) is 16.1. The summed E-state index contributed by atoms with van der Waals surface area (Å²) >= 11 is 0. The first kappa shape index (κ1) is 18.1. The Morgan fingerprint density at radius 1 is 1.20 bits per heavy atom. The zero-order valence-corrected chi connectivity index (χ0v) is 13.6. The maximum atomic E-state index is 13.5. The van der Waals surface area contributed by atoms with Gasteiger partial charge in [-0.15, -0.1) is 0 Å². The average molecular weight is 345 g/mol. The van der Waals surface area contributed by atoms with Gasteiger partial charge in [0.25, 0.3) is 11.6 Å². The molecule has 2 aromatic carbocycles. The number of amides is 2. The Bertz CT molecular complexity index is 824. The van der Waals surface area contributed by atoms with Crippen molar-refractivity contribution in [3.8, 4) is 0 Å². The molecule has 25 heavy (non-hydrogen) atoms.